The number of aryl methyl sites for hydroxylation is 1. The average molecular weight is 307 g/mol. The maximum Gasteiger partial charge on any atom is 0.255 e. The molecule has 0 bridgehead atoms. The van der Waals surface area contributed by atoms with Crippen molar-refractivity contribution in [1.82, 2.24) is 9.78 Å². The molecule has 0 spiro atoms. The highest BCUT2D eigenvalue weighted by Crippen LogP contribution is 2.24. The van der Waals surface area contributed by atoms with Gasteiger partial charge in [-0.3, -0.25) is 9.48 Å². The van der Waals surface area contributed by atoms with Crippen LogP contribution in [0.2, 0.25) is 5.02 Å². The number of aromatic nitrogens is 2. The van der Waals surface area contributed by atoms with E-state index in [0.717, 1.165) is 17.1 Å². The van der Waals surface area contributed by atoms with Gasteiger partial charge in [0, 0.05) is 11.6 Å². The number of anilines is 2. The number of hydrogen-bond donors (Lipinski definition) is 2. The fourth-order valence-electron chi connectivity index (χ4n) is 2.20. The Labute approximate surface area is 129 Å². The molecule has 0 aliphatic heterocycles. The van der Waals surface area contributed by atoms with Gasteiger partial charge in [0.15, 0.2) is 0 Å². The number of hydrogen-bond acceptors (Lipinski definition) is 3. The number of rotatable bonds is 3. The van der Waals surface area contributed by atoms with Crippen LogP contribution < -0.4 is 11.1 Å². The van der Waals surface area contributed by atoms with E-state index < -0.39 is 0 Å². The van der Waals surface area contributed by atoms with Crippen LogP contribution in [0.3, 0.4) is 0 Å². The predicted octanol–water partition coefficient (Wildman–Crippen LogP) is 3.57. The van der Waals surface area contributed by atoms with Gasteiger partial charge in [-0.2, -0.15) is 5.10 Å². The third-order valence-electron chi connectivity index (χ3n) is 3.32. The first kappa shape index (κ1) is 15.4. The van der Waals surface area contributed by atoms with Gasteiger partial charge < -0.3 is 11.1 Å². The Morgan fingerprint density at radius 3 is 2.57 bits per heavy atom. The maximum absolute atomic E-state index is 12.3. The lowest BCUT2D eigenvalue weighted by molar-refractivity contribution is 0.102. The molecule has 0 aliphatic rings. The number of halogens is 1. The molecule has 3 N–H and O–H groups in total. The molecule has 5 nitrogen and oxygen atoms in total. The van der Waals surface area contributed by atoms with Crippen LogP contribution in [-0.4, -0.2) is 15.7 Å². The van der Waals surface area contributed by atoms with Gasteiger partial charge in [-0.05, 0) is 45.9 Å². The molecule has 0 unspecified atom stereocenters. The Balaban J connectivity index is 2.29. The molecule has 6 heteroatoms. The smallest absolute Gasteiger partial charge is 0.255 e. The quantitative estimate of drug-likeness (QED) is 0.851. The summed E-state index contributed by atoms with van der Waals surface area (Å²) in [5.41, 5.74) is 9.02. The fourth-order valence-corrected chi connectivity index (χ4v) is 2.38. The van der Waals surface area contributed by atoms with Crippen molar-refractivity contribution in [2.75, 3.05) is 11.1 Å². The average Bonchev–Trinajstić information content (AvgIpc) is 2.70. The number of carbonyl (C=O) groups excluding carboxylic acids is 1. The number of nitrogens with two attached hydrogens (primary N) is 1. The summed E-state index contributed by atoms with van der Waals surface area (Å²) >= 11 is 5.95. The normalized spacial score (nSPS) is 11.0. The molecule has 1 aromatic carbocycles. The van der Waals surface area contributed by atoms with Crippen molar-refractivity contribution in [2.24, 2.45) is 0 Å². The van der Waals surface area contributed by atoms with Gasteiger partial charge in [-0.25, -0.2) is 0 Å². The molecule has 1 aromatic heterocycles. The van der Waals surface area contributed by atoms with Gasteiger partial charge in [0.1, 0.15) is 0 Å². The summed E-state index contributed by atoms with van der Waals surface area (Å²) in [5.74, 6) is -0.230. The lowest BCUT2D eigenvalue weighted by Gasteiger charge is -2.10. The number of amides is 1. The van der Waals surface area contributed by atoms with E-state index in [4.69, 9.17) is 17.3 Å². The molecule has 1 amide bonds. The largest absolute Gasteiger partial charge is 0.398 e. The zero-order valence-corrected chi connectivity index (χ0v) is 13.3. The monoisotopic (exact) mass is 306 g/mol. The van der Waals surface area contributed by atoms with Gasteiger partial charge in [0.2, 0.25) is 0 Å². The second kappa shape index (κ2) is 5.77. The minimum absolute atomic E-state index is 0.230. The first-order valence-electron chi connectivity index (χ1n) is 6.73. The van der Waals surface area contributed by atoms with E-state index in [2.05, 4.69) is 10.4 Å². The predicted molar refractivity (Wildman–Crippen MR) is 85.9 cm³/mol. The summed E-state index contributed by atoms with van der Waals surface area (Å²) in [6.45, 7) is 7.90. The lowest BCUT2D eigenvalue weighted by atomic mass is 10.2. The molecule has 1 heterocycles. The van der Waals surface area contributed by atoms with Crippen LogP contribution in [0.25, 0.3) is 0 Å². The molecule has 0 saturated carbocycles. The van der Waals surface area contributed by atoms with E-state index in [1.54, 1.807) is 18.2 Å². The number of nitrogen functional groups attached to an aromatic ring is 1. The van der Waals surface area contributed by atoms with Crippen LogP contribution in [0.15, 0.2) is 18.2 Å². The van der Waals surface area contributed by atoms with Crippen LogP contribution >= 0.6 is 11.6 Å². The maximum atomic E-state index is 12.3. The summed E-state index contributed by atoms with van der Waals surface area (Å²) in [7, 11) is 0. The minimum Gasteiger partial charge on any atom is -0.398 e. The number of nitrogens with one attached hydrogen (secondary N) is 1. The van der Waals surface area contributed by atoms with Gasteiger partial charge in [-0.1, -0.05) is 11.6 Å². The van der Waals surface area contributed by atoms with Crippen molar-refractivity contribution in [3.8, 4) is 0 Å². The number of carbonyl (C=O) groups is 1. The fraction of sp³-hybridized carbons (Fsp3) is 0.333. The summed E-state index contributed by atoms with van der Waals surface area (Å²) in [6.07, 6.45) is 0. The zero-order valence-electron chi connectivity index (χ0n) is 12.6. The third kappa shape index (κ3) is 3.03. The summed E-state index contributed by atoms with van der Waals surface area (Å²) in [4.78, 5) is 12.3. The topological polar surface area (TPSA) is 72.9 Å². The molecule has 0 atom stereocenters. The Hall–Kier alpha value is -2.01. The summed E-state index contributed by atoms with van der Waals surface area (Å²) < 4.78 is 1.89. The van der Waals surface area contributed by atoms with Crippen LogP contribution in [0.5, 0.6) is 0 Å². The van der Waals surface area contributed by atoms with Crippen molar-refractivity contribution in [3.05, 3.63) is 40.2 Å². The van der Waals surface area contributed by atoms with Crippen LogP contribution in [-0.2, 0) is 0 Å². The molecular weight excluding hydrogens is 288 g/mol. The first-order chi connectivity index (χ1) is 9.81. The van der Waals surface area contributed by atoms with Crippen LogP contribution in [0.4, 0.5) is 11.4 Å². The molecule has 21 heavy (non-hydrogen) atoms. The van der Waals surface area contributed by atoms with Crippen molar-refractivity contribution < 1.29 is 4.79 Å². The third-order valence-corrected chi connectivity index (χ3v) is 3.64. The first-order valence-corrected chi connectivity index (χ1v) is 7.11. The van der Waals surface area contributed by atoms with E-state index in [0.29, 0.717) is 16.3 Å². The van der Waals surface area contributed by atoms with E-state index in [9.17, 15) is 4.79 Å². The number of benzene rings is 1. The minimum atomic E-state index is -0.230. The highest BCUT2D eigenvalue weighted by atomic mass is 35.5. The van der Waals surface area contributed by atoms with E-state index in [-0.39, 0.29) is 11.9 Å². The van der Waals surface area contributed by atoms with Gasteiger partial charge in [-0.15, -0.1) is 0 Å². The Morgan fingerprint density at radius 1 is 1.38 bits per heavy atom. The standard InChI is InChI=1S/C15H19ClN4O/c1-8(2)20-10(4)14(9(3)19-20)18-15(21)11-5-6-13(17)12(16)7-11/h5-8H,17H2,1-4H3,(H,18,21). The van der Waals surface area contributed by atoms with Crippen molar-refractivity contribution in [3.63, 3.8) is 0 Å². The molecule has 0 saturated heterocycles. The summed E-state index contributed by atoms with van der Waals surface area (Å²) in [5, 5.41) is 7.71. The zero-order chi connectivity index (χ0) is 15.7. The molecule has 0 fully saturated rings. The molecule has 2 rings (SSSR count). The molecule has 0 radical (unpaired) electrons. The SMILES string of the molecule is Cc1nn(C(C)C)c(C)c1NC(=O)c1ccc(N)c(Cl)c1. The molecular formula is C15H19ClN4O. The Kier molecular flexibility index (Phi) is 4.23. The highest BCUT2D eigenvalue weighted by molar-refractivity contribution is 6.33. The second-order valence-corrected chi connectivity index (χ2v) is 5.68. The second-order valence-electron chi connectivity index (χ2n) is 5.27. The van der Waals surface area contributed by atoms with Crippen LogP contribution in [0.1, 0.15) is 41.6 Å². The van der Waals surface area contributed by atoms with Crippen molar-refractivity contribution in [1.29, 1.82) is 0 Å². The molecule has 112 valence electrons. The molecule has 2 aromatic rings. The van der Waals surface area contributed by atoms with E-state index >= 15 is 0 Å². The van der Waals surface area contributed by atoms with Crippen molar-refractivity contribution in [2.45, 2.75) is 33.7 Å². The van der Waals surface area contributed by atoms with Crippen molar-refractivity contribution >= 4 is 28.9 Å². The molecule has 0 aliphatic carbocycles. The lowest BCUT2D eigenvalue weighted by Crippen LogP contribution is -2.13. The van der Waals surface area contributed by atoms with Gasteiger partial charge in [0.05, 0.1) is 27.8 Å². The van der Waals surface area contributed by atoms with Gasteiger partial charge >= 0.3 is 0 Å². The Bertz CT molecular complexity index is 691. The number of nitrogens with zero attached hydrogens (tertiary/aromatic N) is 2. The highest BCUT2D eigenvalue weighted by Gasteiger charge is 2.16. The Morgan fingerprint density at radius 2 is 2.05 bits per heavy atom. The van der Waals surface area contributed by atoms with E-state index in [1.807, 2.05) is 32.4 Å². The van der Waals surface area contributed by atoms with Gasteiger partial charge in [0.25, 0.3) is 5.91 Å². The van der Waals surface area contributed by atoms with E-state index in [1.165, 1.54) is 0 Å². The van der Waals surface area contributed by atoms with Crippen LogP contribution in [0, 0.1) is 13.8 Å². The summed E-state index contributed by atoms with van der Waals surface area (Å²) in [6, 6.07) is 5.06.